The van der Waals surface area contributed by atoms with Crippen LogP contribution in [0.4, 0.5) is 0 Å². The van der Waals surface area contributed by atoms with Crippen LogP contribution < -0.4 is 0 Å². The van der Waals surface area contributed by atoms with Crippen LogP contribution in [-0.4, -0.2) is 60.5 Å². The Hall–Kier alpha value is -1.59. The van der Waals surface area contributed by atoms with Gasteiger partial charge in [0.05, 0.1) is 12.0 Å². The summed E-state index contributed by atoms with van der Waals surface area (Å²) < 4.78 is 5.47. The molecule has 2 heterocycles. The molecule has 28 heavy (non-hydrogen) atoms. The first-order chi connectivity index (χ1) is 13.4. The lowest BCUT2D eigenvalue weighted by molar-refractivity contribution is -0.159. The first-order valence-corrected chi connectivity index (χ1v) is 10.7. The number of rotatable bonds is 5. The summed E-state index contributed by atoms with van der Waals surface area (Å²) in [4.78, 5) is 28.9. The number of benzene rings is 1. The molecule has 0 unspecified atom stereocenters. The number of esters is 1. The van der Waals surface area contributed by atoms with Gasteiger partial charge in [-0.25, -0.2) is 0 Å². The number of ether oxygens (including phenoxy) is 1. The SMILES string of the molecule is CCOC(=O)C1(Cc2ccccc2Cl)CCN(C2CCN(C(C)=O)CC2)CC1. The van der Waals surface area contributed by atoms with Crippen molar-refractivity contribution < 1.29 is 14.3 Å². The maximum absolute atomic E-state index is 12.9. The van der Waals surface area contributed by atoms with Crippen molar-refractivity contribution in [3.63, 3.8) is 0 Å². The zero-order valence-electron chi connectivity index (χ0n) is 17.0. The molecule has 0 aromatic heterocycles. The second kappa shape index (κ2) is 9.27. The fraction of sp³-hybridized carbons (Fsp3) is 0.636. The highest BCUT2D eigenvalue weighted by atomic mass is 35.5. The topological polar surface area (TPSA) is 49.9 Å². The number of hydrogen-bond donors (Lipinski definition) is 0. The summed E-state index contributed by atoms with van der Waals surface area (Å²) in [6.07, 6.45) is 4.21. The van der Waals surface area contributed by atoms with Gasteiger partial charge in [-0.1, -0.05) is 29.8 Å². The van der Waals surface area contributed by atoms with E-state index in [1.54, 1.807) is 6.92 Å². The summed E-state index contributed by atoms with van der Waals surface area (Å²) in [6.45, 7) is 7.33. The molecule has 1 aromatic carbocycles. The standard InChI is InChI=1S/C22H31ClN2O3/c1-3-28-21(27)22(16-18-6-4-5-7-20(18)23)10-14-25(15-11-22)19-8-12-24(13-9-19)17(2)26/h4-7,19H,3,8-16H2,1-2H3. The smallest absolute Gasteiger partial charge is 0.312 e. The van der Waals surface area contributed by atoms with E-state index >= 15 is 0 Å². The average Bonchev–Trinajstić information content (AvgIpc) is 2.70. The Balaban J connectivity index is 1.67. The summed E-state index contributed by atoms with van der Waals surface area (Å²) in [5.74, 6) is 0.0686. The highest BCUT2D eigenvalue weighted by Gasteiger charge is 2.44. The van der Waals surface area contributed by atoms with Gasteiger partial charge in [0.2, 0.25) is 5.91 Å². The fourth-order valence-electron chi connectivity index (χ4n) is 4.61. The van der Waals surface area contributed by atoms with Gasteiger partial charge >= 0.3 is 5.97 Å². The van der Waals surface area contributed by atoms with E-state index in [2.05, 4.69) is 4.90 Å². The van der Waals surface area contributed by atoms with Gasteiger partial charge in [0.1, 0.15) is 0 Å². The molecule has 0 N–H and O–H groups in total. The summed E-state index contributed by atoms with van der Waals surface area (Å²) >= 11 is 6.38. The number of amides is 1. The lowest BCUT2D eigenvalue weighted by atomic mass is 9.73. The first kappa shape index (κ1) is 21.1. The van der Waals surface area contributed by atoms with Crippen LogP contribution in [-0.2, 0) is 20.7 Å². The van der Waals surface area contributed by atoms with E-state index in [4.69, 9.17) is 16.3 Å². The molecule has 2 saturated heterocycles. The molecule has 2 aliphatic heterocycles. The Bertz CT molecular complexity index is 693. The first-order valence-electron chi connectivity index (χ1n) is 10.4. The molecule has 3 rings (SSSR count). The van der Waals surface area contributed by atoms with Crippen LogP contribution in [0.3, 0.4) is 0 Å². The van der Waals surface area contributed by atoms with Crippen LogP contribution in [0, 0.1) is 5.41 Å². The molecule has 0 aliphatic carbocycles. The number of carbonyl (C=O) groups excluding carboxylic acids is 2. The van der Waals surface area contributed by atoms with Crippen LogP contribution in [0.5, 0.6) is 0 Å². The molecular formula is C22H31ClN2O3. The van der Waals surface area contributed by atoms with E-state index in [0.29, 0.717) is 24.1 Å². The van der Waals surface area contributed by atoms with Crippen molar-refractivity contribution in [1.29, 1.82) is 0 Å². The molecule has 0 saturated carbocycles. The van der Waals surface area contributed by atoms with Crippen molar-refractivity contribution in [3.8, 4) is 0 Å². The van der Waals surface area contributed by atoms with Crippen molar-refractivity contribution in [1.82, 2.24) is 9.80 Å². The quantitative estimate of drug-likeness (QED) is 0.702. The number of halogens is 1. The van der Waals surface area contributed by atoms with Gasteiger partial charge in [-0.3, -0.25) is 9.59 Å². The molecule has 5 nitrogen and oxygen atoms in total. The molecule has 1 amide bonds. The zero-order valence-corrected chi connectivity index (χ0v) is 17.7. The predicted octanol–water partition coefficient (Wildman–Crippen LogP) is 3.54. The Morgan fingerprint density at radius 1 is 1.14 bits per heavy atom. The van der Waals surface area contributed by atoms with Gasteiger partial charge in [0.25, 0.3) is 0 Å². The zero-order chi connectivity index (χ0) is 20.1. The lowest BCUT2D eigenvalue weighted by Crippen LogP contribution is -2.52. The fourth-order valence-corrected chi connectivity index (χ4v) is 4.81. The van der Waals surface area contributed by atoms with E-state index in [1.807, 2.05) is 36.1 Å². The monoisotopic (exact) mass is 406 g/mol. The third-order valence-electron chi connectivity index (χ3n) is 6.38. The molecule has 6 heteroatoms. The minimum atomic E-state index is -0.502. The van der Waals surface area contributed by atoms with Crippen molar-refractivity contribution in [2.75, 3.05) is 32.8 Å². The highest BCUT2D eigenvalue weighted by Crippen LogP contribution is 2.39. The van der Waals surface area contributed by atoms with Gasteiger partial charge in [0.15, 0.2) is 0 Å². The van der Waals surface area contributed by atoms with Gasteiger partial charge in [-0.2, -0.15) is 0 Å². The van der Waals surface area contributed by atoms with Crippen LogP contribution in [0.25, 0.3) is 0 Å². The third kappa shape index (κ3) is 4.69. The van der Waals surface area contributed by atoms with Crippen molar-refractivity contribution in [3.05, 3.63) is 34.9 Å². The van der Waals surface area contributed by atoms with E-state index in [1.165, 1.54) is 0 Å². The normalized spacial score (nSPS) is 20.8. The molecule has 2 fully saturated rings. The largest absolute Gasteiger partial charge is 0.466 e. The molecule has 0 spiro atoms. The summed E-state index contributed by atoms with van der Waals surface area (Å²) in [5, 5.41) is 0.713. The third-order valence-corrected chi connectivity index (χ3v) is 6.75. The highest BCUT2D eigenvalue weighted by molar-refractivity contribution is 6.31. The van der Waals surface area contributed by atoms with Gasteiger partial charge < -0.3 is 14.5 Å². The Morgan fingerprint density at radius 2 is 1.79 bits per heavy atom. The Labute approximate surface area is 173 Å². The minimum absolute atomic E-state index is 0.0963. The number of likely N-dealkylation sites (tertiary alicyclic amines) is 2. The van der Waals surface area contributed by atoms with Gasteiger partial charge in [-0.05, 0) is 63.7 Å². The van der Waals surface area contributed by atoms with E-state index in [0.717, 1.165) is 57.4 Å². The van der Waals surface area contributed by atoms with Crippen LogP contribution in [0.15, 0.2) is 24.3 Å². The molecule has 0 radical (unpaired) electrons. The number of carbonyl (C=O) groups is 2. The van der Waals surface area contributed by atoms with Crippen LogP contribution in [0.1, 0.15) is 45.1 Å². The minimum Gasteiger partial charge on any atom is -0.466 e. The lowest BCUT2D eigenvalue weighted by Gasteiger charge is -2.45. The second-order valence-electron chi connectivity index (χ2n) is 8.04. The molecule has 1 aromatic rings. The van der Waals surface area contributed by atoms with Gasteiger partial charge in [0, 0.05) is 31.1 Å². The molecular weight excluding hydrogens is 376 g/mol. The summed E-state index contributed by atoms with van der Waals surface area (Å²) in [6, 6.07) is 8.27. The maximum atomic E-state index is 12.9. The van der Waals surface area contributed by atoms with E-state index < -0.39 is 5.41 Å². The molecule has 0 bridgehead atoms. The van der Waals surface area contributed by atoms with E-state index in [-0.39, 0.29) is 11.9 Å². The summed E-state index contributed by atoms with van der Waals surface area (Å²) in [7, 11) is 0. The van der Waals surface area contributed by atoms with Crippen molar-refractivity contribution in [2.45, 2.75) is 52.0 Å². The number of piperidine rings is 2. The Morgan fingerprint density at radius 3 is 2.36 bits per heavy atom. The van der Waals surface area contributed by atoms with Crippen LogP contribution >= 0.6 is 11.6 Å². The van der Waals surface area contributed by atoms with Gasteiger partial charge in [-0.15, -0.1) is 0 Å². The van der Waals surface area contributed by atoms with Crippen LogP contribution in [0.2, 0.25) is 5.02 Å². The maximum Gasteiger partial charge on any atom is 0.312 e. The predicted molar refractivity (Wildman–Crippen MR) is 110 cm³/mol. The number of hydrogen-bond acceptors (Lipinski definition) is 4. The van der Waals surface area contributed by atoms with Crippen molar-refractivity contribution >= 4 is 23.5 Å². The molecule has 2 aliphatic rings. The number of nitrogens with zero attached hydrogens (tertiary/aromatic N) is 2. The molecule has 154 valence electrons. The van der Waals surface area contributed by atoms with E-state index in [9.17, 15) is 9.59 Å². The molecule has 0 atom stereocenters. The second-order valence-corrected chi connectivity index (χ2v) is 8.45. The summed E-state index contributed by atoms with van der Waals surface area (Å²) in [5.41, 5.74) is 0.512. The van der Waals surface area contributed by atoms with Crippen molar-refractivity contribution in [2.24, 2.45) is 5.41 Å². The average molecular weight is 407 g/mol. The Kier molecular flexibility index (Phi) is 7.00.